The minimum atomic E-state index is -3.32. The molecule has 1 heterocycles. The van der Waals surface area contributed by atoms with Crippen molar-refractivity contribution in [2.45, 2.75) is 19.1 Å². The average molecular weight is 311 g/mol. The molecule has 0 aliphatic carbocycles. The lowest BCUT2D eigenvalue weighted by Crippen LogP contribution is -2.25. The van der Waals surface area contributed by atoms with Gasteiger partial charge < -0.3 is 0 Å². The quantitative estimate of drug-likeness (QED) is 0.806. The van der Waals surface area contributed by atoms with E-state index in [9.17, 15) is 13.2 Å². The number of hydrogen-bond donors (Lipinski definition) is 0. The molecule has 0 aliphatic rings. The van der Waals surface area contributed by atoms with Crippen LogP contribution in [0.1, 0.15) is 21.5 Å². The van der Waals surface area contributed by atoms with Crippen molar-refractivity contribution in [2.24, 2.45) is 0 Å². The number of thiophene rings is 1. The maximum atomic E-state index is 11.8. The monoisotopic (exact) mass is 310 g/mol. The number of rotatable bonds is 3. The Morgan fingerprint density at radius 3 is 2.40 bits per heavy atom. The number of hydrogen-bond acceptors (Lipinski definition) is 4. The molecular weight excluding hydrogens is 300 g/mol. The van der Waals surface area contributed by atoms with Gasteiger partial charge in [-0.05, 0) is 35.8 Å². The third kappa shape index (κ3) is 2.89. The summed E-state index contributed by atoms with van der Waals surface area (Å²) in [5.74, 6) is -0.345. The Labute approximate surface area is 102 Å². The molecule has 3 nitrogen and oxygen atoms in total. The number of ketones is 1. The minimum absolute atomic E-state index is 0.345. The van der Waals surface area contributed by atoms with E-state index < -0.39 is 15.1 Å². The topological polar surface area (TPSA) is 51.2 Å². The SMILES string of the molecule is Cc1cc(Br)c(C(=O)C(C)S(C)(=O)=O)s1. The molecule has 0 saturated heterocycles. The van der Waals surface area contributed by atoms with E-state index in [0.717, 1.165) is 11.1 Å². The van der Waals surface area contributed by atoms with Gasteiger partial charge >= 0.3 is 0 Å². The Morgan fingerprint density at radius 1 is 1.53 bits per heavy atom. The van der Waals surface area contributed by atoms with Crippen LogP contribution in [0.25, 0.3) is 0 Å². The van der Waals surface area contributed by atoms with E-state index in [1.165, 1.54) is 18.3 Å². The maximum absolute atomic E-state index is 11.8. The lowest BCUT2D eigenvalue weighted by atomic mass is 10.2. The molecule has 0 aromatic carbocycles. The first kappa shape index (κ1) is 12.9. The smallest absolute Gasteiger partial charge is 0.191 e. The lowest BCUT2D eigenvalue weighted by molar-refractivity contribution is 0.0995. The van der Waals surface area contributed by atoms with Gasteiger partial charge in [0.2, 0.25) is 0 Å². The van der Waals surface area contributed by atoms with Gasteiger partial charge in [0.25, 0.3) is 0 Å². The van der Waals surface area contributed by atoms with E-state index in [2.05, 4.69) is 15.9 Å². The largest absolute Gasteiger partial charge is 0.292 e. The van der Waals surface area contributed by atoms with E-state index in [1.807, 2.05) is 13.0 Å². The highest BCUT2D eigenvalue weighted by Gasteiger charge is 2.27. The molecule has 0 aliphatic heterocycles. The van der Waals surface area contributed by atoms with Crippen molar-refractivity contribution in [3.8, 4) is 0 Å². The normalized spacial score (nSPS) is 13.9. The Bertz CT molecular complexity index is 487. The van der Waals surface area contributed by atoms with Gasteiger partial charge in [-0.1, -0.05) is 0 Å². The Kier molecular flexibility index (Phi) is 3.73. The molecule has 84 valence electrons. The molecule has 0 amide bonds. The van der Waals surface area contributed by atoms with Gasteiger partial charge in [-0.25, -0.2) is 8.42 Å². The van der Waals surface area contributed by atoms with Gasteiger partial charge in [-0.3, -0.25) is 4.79 Å². The molecule has 1 atom stereocenters. The molecule has 0 N–H and O–H groups in total. The fourth-order valence-corrected chi connectivity index (χ4v) is 3.48. The van der Waals surface area contributed by atoms with Gasteiger partial charge in [-0.15, -0.1) is 11.3 Å². The number of carbonyl (C=O) groups is 1. The summed E-state index contributed by atoms with van der Waals surface area (Å²) in [6, 6.07) is 1.81. The third-order valence-corrected chi connectivity index (χ3v) is 5.50. The van der Waals surface area contributed by atoms with Gasteiger partial charge in [0.15, 0.2) is 15.6 Å². The molecule has 0 radical (unpaired) electrons. The number of sulfone groups is 1. The summed E-state index contributed by atoms with van der Waals surface area (Å²) in [5.41, 5.74) is 0. The highest BCUT2D eigenvalue weighted by atomic mass is 79.9. The molecule has 1 aromatic heterocycles. The highest BCUT2D eigenvalue weighted by Crippen LogP contribution is 2.28. The van der Waals surface area contributed by atoms with Gasteiger partial charge in [0.1, 0.15) is 5.25 Å². The first-order valence-corrected chi connectivity index (χ1v) is 7.79. The van der Waals surface area contributed by atoms with E-state index in [-0.39, 0.29) is 5.78 Å². The van der Waals surface area contributed by atoms with Crippen LogP contribution in [0.15, 0.2) is 10.5 Å². The molecule has 6 heteroatoms. The van der Waals surface area contributed by atoms with Crippen molar-refractivity contribution < 1.29 is 13.2 Å². The van der Waals surface area contributed by atoms with Crippen molar-refractivity contribution in [3.63, 3.8) is 0 Å². The second-order valence-corrected chi connectivity index (χ2v) is 7.85. The summed E-state index contributed by atoms with van der Waals surface area (Å²) in [6.45, 7) is 3.29. The van der Waals surface area contributed by atoms with Crippen LogP contribution < -0.4 is 0 Å². The fraction of sp³-hybridized carbons (Fsp3) is 0.444. The lowest BCUT2D eigenvalue weighted by Gasteiger charge is -2.06. The van der Waals surface area contributed by atoms with Crippen LogP contribution in [-0.4, -0.2) is 25.7 Å². The molecule has 0 fully saturated rings. The Balaban J connectivity index is 3.11. The van der Waals surface area contributed by atoms with Gasteiger partial charge in [0, 0.05) is 15.6 Å². The summed E-state index contributed by atoms with van der Waals surface area (Å²) in [7, 11) is -3.32. The van der Waals surface area contributed by atoms with Crippen LogP contribution in [0, 0.1) is 6.92 Å². The maximum Gasteiger partial charge on any atom is 0.191 e. The number of halogens is 1. The molecule has 1 rings (SSSR count). The predicted molar refractivity (Wildman–Crippen MR) is 65.4 cm³/mol. The number of aryl methyl sites for hydroxylation is 1. The molecule has 15 heavy (non-hydrogen) atoms. The number of Topliss-reactive ketones (excluding diaryl/α,β-unsaturated/α-hetero) is 1. The summed E-state index contributed by atoms with van der Waals surface area (Å²) in [4.78, 5) is 13.3. The molecule has 1 unspecified atom stereocenters. The van der Waals surface area contributed by atoms with Crippen LogP contribution in [-0.2, 0) is 9.84 Å². The van der Waals surface area contributed by atoms with Crippen molar-refractivity contribution >= 4 is 42.9 Å². The van der Waals surface area contributed by atoms with E-state index >= 15 is 0 Å². The van der Waals surface area contributed by atoms with Crippen LogP contribution in [0.4, 0.5) is 0 Å². The third-order valence-electron chi connectivity index (χ3n) is 2.05. The second kappa shape index (κ2) is 4.35. The first-order valence-electron chi connectivity index (χ1n) is 4.22. The minimum Gasteiger partial charge on any atom is -0.292 e. The second-order valence-electron chi connectivity index (χ2n) is 3.37. The van der Waals surface area contributed by atoms with Crippen LogP contribution in [0.3, 0.4) is 0 Å². The summed E-state index contributed by atoms with van der Waals surface area (Å²) in [5, 5.41) is -0.980. The van der Waals surface area contributed by atoms with Crippen molar-refractivity contribution in [1.82, 2.24) is 0 Å². The highest BCUT2D eigenvalue weighted by molar-refractivity contribution is 9.10. The zero-order valence-corrected chi connectivity index (χ0v) is 11.8. The summed E-state index contributed by atoms with van der Waals surface area (Å²) >= 11 is 4.55. The van der Waals surface area contributed by atoms with Gasteiger partial charge in [-0.2, -0.15) is 0 Å². The van der Waals surface area contributed by atoms with Crippen molar-refractivity contribution in [1.29, 1.82) is 0 Å². The molecule has 1 aromatic rings. The summed E-state index contributed by atoms with van der Waals surface area (Å²) < 4.78 is 23.1. The summed E-state index contributed by atoms with van der Waals surface area (Å²) in [6.07, 6.45) is 1.07. The van der Waals surface area contributed by atoms with Crippen LogP contribution in [0.2, 0.25) is 0 Å². The van der Waals surface area contributed by atoms with Gasteiger partial charge in [0.05, 0.1) is 4.88 Å². The molecule has 0 bridgehead atoms. The average Bonchev–Trinajstić information content (AvgIpc) is 2.41. The molecular formula is C9H11BrO3S2. The van der Waals surface area contributed by atoms with E-state index in [0.29, 0.717) is 9.35 Å². The van der Waals surface area contributed by atoms with Crippen molar-refractivity contribution in [2.75, 3.05) is 6.26 Å². The molecule has 0 saturated carbocycles. The van der Waals surface area contributed by atoms with E-state index in [1.54, 1.807) is 0 Å². The van der Waals surface area contributed by atoms with E-state index in [4.69, 9.17) is 0 Å². The Morgan fingerprint density at radius 2 is 2.07 bits per heavy atom. The molecule has 0 spiro atoms. The van der Waals surface area contributed by atoms with Crippen molar-refractivity contribution in [3.05, 3.63) is 20.3 Å². The predicted octanol–water partition coefficient (Wildman–Crippen LogP) is 2.43. The fourth-order valence-electron chi connectivity index (χ4n) is 1.03. The zero-order valence-electron chi connectivity index (χ0n) is 8.57. The first-order chi connectivity index (χ1) is 6.73. The standard InChI is InChI=1S/C9H11BrO3S2/c1-5-4-7(10)9(14-5)8(11)6(2)15(3,12)13/h4,6H,1-3H3. The zero-order chi connectivity index (χ0) is 11.8. The van der Waals surface area contributed by atoms with Crippen LogP contribution in [0.5, 0.6) is 0 Å². The van der Waals surface area contributed by atoms with Crippen LogP contribution >= 0.6 is 27.3 Å². The number of carbonyl (C=O) groups excluding carboxylic acids is 1. The Hall–Kier alpha value is -0.200.